The molecule has 6 nitrogen and oxygen atoms in total. The van der Waals surface area contributed by atoms with Crippen LogP contribution in [0.25, 0.3) is 0 Å². The smallest absolute Gasteiger partial charge is 0.338 e. The van der Waals surface area contributed by atoms with Gasteiger partial charge >= 0.3 is 11.9 Å². The van der Waals surface area contributed by atoms with Gasteiger partial charge in [0.1, 0.15) is 11.9 Å². The highest BCUT2D eigenvalue weighted by Crippen LogP contribution is 2.16. The number of carbonyl (C=O) groups is 3. The van der Waals surface area contributed by atoms with Gasteiger partial charge in [0.2, 0.25) is 5.54 Å². The molecule has 16 heavy (non-hydrogen) atoms. The molecule has 92 valence electrons. The summed E-state index contributed by atoms with van der Waals surface area (Å²) in [6, 6.07) is 0. The standard InChI is InChI=1S/C10H17NO5/c1-9(2,3)16-8(14)10(11,5-6-12)7(13)15-4/h6H,5,11H2,1-4H3. The fraction of sp³-hybridized carbons (Fsp3) is 0.700. The second kappa shape index (κ2) is 5.07. The van der Waals surface area contributed by atoms with Gasteiger partial charge in [-0.15, -0.1) is 0 Å². The van der Waals surface area contributed by atoms with Crippen LogP contribution in [0.1, 0.15) is 27.2 Å². The molecular formula is C10H17NO5. The molecule has 0 aromatic carbocycles. The van der Waals surface area contributed by atoms with Crippen molar-refractivity contribution in [2.75, 3.05) is 7.11 Å². The molecule has 0 spiro atoms. The summed E-state index contributed by atoms with van der Waals surface area (Å²) in [4.78, 5) is 33.4. The van der Waals surface area contributed by atoms with E-state index in [1.807, 2.05) is 0 Å². The van der Waals surface area contributed by atoms with Crippen molar-refractivity contribution < 1.29 is 23.9 Å². The Kier molecular flexibility index (Phi) is 4.61. The average molecular weight is 231 g/mol. The molecule has 2 N–H and O–H groups in total. The fourth-order valence-corrected chi connectivity index (χ4v) is 0.933. The van der Waals surface area contributed by atoms with Crippen molar-refractivity contribution in [1.82, 2.24) is 0 Å². The fourth-order valence-electron chi connectivity index (χ4n) is 0.933. The number of hydrogen-bond acceptors (Lipinski definition) is 6. The highest BCUT2D eigenvalue weighted by atomic mass is 16.6. The van der Waals surface area contributed by atoms with Crippen LogP contribution in [0.2, 0.25) is 0 Å². The third-order valence-electron chi connectivity index (χ3n) is 1.72. The van der Waals surface area contributed by atoms with Crippen LogP contribution in [-0.2, 0) is 23.9 Å². The van der Waals surface area contributed by atoms with E-state index in [4.69, 9.17) is 10.5 Å². The zero-order valence-electron chi connectivity index (χ0n) is 9.90. The lowest BCUT2D eigenvalue weighted by molar-refractivity contribution is -0.171. The molecule has 0 rings (SSSR count). The van der Waals surface area contributed by atoms with Crippen LogP contribution in [0.3, 0.4) is 0 Å². The maximum Gasteiger partial charge on any atom is 0.338 e. The summed E-state index contributed by atoms with van der Waals surface area (Å²) in [6.07, 6.45) is -0.102. The van der Waals surface area contributed by atoms with Crippen molar-refractivity contribution in [2.45, 2.75) is 38.3 Å². The van der Waals surface area contributed by atoms with E-state index in [9.17, 15) is 14.4 Å². The van der Waals surface area contributed by atoms with E-state index in [2.05, 4.69) is 4.74 Å². The first-order chi connectivity index (χ1) is 7.17. The Balaban J connectivity index is 4.98. The molecule has 0 saturated carbocycles. The number of methoxy groups -OCH3 is 1. The first kappa shape index (κ1) is 14.6. The predicted molar refractivity (Wildman–Crippen MR) is 55.5 cm³/mol. The van der Waals surface area contributed by atoms with Gasteiger partial charge in [-0.1, -0.05) is 0 Å². The van der Waals surface area contributed by atoms with Gasteiger partial charge in [0.25, 0.3) is 0 Å². The van der Waals surface area contributed by atoms with Gasteiger partial charge < -0.3 is 20.0 Å². The second-order valence-corrected chi connectivity index (χ2v) is 4.34. The highest BCUT2D eigenvalue weighted by Gasteiger charge is 2.46. The molecule has 0 aromatic heterocycles. The maximum atomic E-state index is 11.7. The lowest BCUT2D eigenvalue weighted by Gasteiger charge is -2.27. The van der Waals surface area contributed by atoms with E-state index in [0.717, 1.165) is 7.11 Å². The number of ether oxygens (including phenoxy) is 2. The Morgan fingerprint density at radius 1 is 1.25 bits per heavy atom. The van der Waals surface area contributed by atoms with Crippen LogP contribution < -0.4 is 5.73 Å². The summed E-state index contributed by atoms with van der Waals surface area (Å²) >= 11 is 0. The largest absolute Gasteiger partial charge is 0.467 e. The van der Waals surface area contributed by atoms with E-state index >= 15 is 0 Å². The summed E-state index contributed by atoms with van der Waals surface area (Å²) in [7, 11) is 1.08. The Bertz CT molecular complexity index is 294. The van der Waals surface area contributed by atoms with Gasteiger partial charge in [0.05, 0.1) is 7.11 Å². The van der Waals surface area contributed by atoms with E-state index in [1.165, 1.54) is 0 Å². The van der Waals surface area contributed by atoms with Crippen molar-refractivity contribution in [1.29, 1.82) is 0 Å². The van der Waals surface area contributed by atoms with Gasteiger partial charge in [-0.3, -0.25) is 0 Å². The third kappa shape index (κ3) is 3.62. The second-order valence-electron chi connectivity index (χ2n) is 4.34. The Labute approximate surface area is 94.1 Å². The molecule has 0 saturated heterocycles. The van der Waals surface area contributed by atoms with E-state index < -0.39 is 29.5 Å². The molecule has 0 aliphatic heterocycles. The van der Waals surface area contributed by atoms with E-state index in [1.54, 1.807) is 20.8 Å². The molecule has 0 bridgehead atoms. The van der Waals surface area contributed by atoms with Crippen molar-refractivity contribution >= 4 is 18.2 Å². The monoisotopic (exact) mass is 231 g/mol. The summed E-state index contributed by atoms with van der Waals surface area (Å²) < 4.78 is 9.33. The van der Waals surface area contributed by atoms with Gasteiger partial charge in [0.15, 0.2) is 0 Å². The Hall–Kier alpha value is -1.43. The van der Waals surface area contributed by atoms with Crippen LogP contribution in [0, 0.1) is 0 Å². The normalized spacial score (nSPS) is 14.8. The minimum absolute atomic E-state index is 0.376. The van der Waals surface area contributed by atoms with Crippen LogP contribution in [0.4, 0.5) is 0 Å². The average Bonchev–Trinajstić information content (AvgIpc) is 2.14. The summed E-state index contributed by atoms with van der Waals surface area (Å²) in [6.45, 7) is 4.89. The molecule has 0 amide bonds. The molecule has 0 aromatic rings. The number of rotatable bonds is 4. The van der Waals surface area contributed by atoms with Gasteiger partial charge in [-0.05, 0) is 20.8 Å². The van der Waals surface area contributed by atoms with Gasteiger partial charge in [-0.25, -0.2) is 9.59 Å². The molecule has 0 aliphatic rings. The summed E-state index contributed by atoms with van der Waals surface area (Å²) in [5.74, 6) is -1.96. The SMILES string of the molecule is COC(=O)C(N)(CC=O)C(=O)OC(C)(C)C. The zero-order chi connectivity index (χ0) is 13.0. The van der Waals surface area contributed by atoms with Gasteiger partial charge in [0, 0.05) is 6.42 Å². The van der Waals surface area contributed by atoms with Crippen LogP contribution in [0.5, 0.6) is 0 Å². The van der Waals surface area contributed by atoms with Crippen molar-refractivity contribution in [3.63, 3.8) is 0 Å². The number of carbonyl (C=O) groups excluding carboxylic acids is 3. The molecule has 0 radical (unpaired) electrons. The predicted octanol–water partition coefficient (Wildman–Crippen LogP) is -0.212. The first-order valence-electron chi connectivity index (χ1n) is 4.72. The third-order valence-corrected chi connectivity index (χ3v) is 1.72. The molecule has 1 atom stereocenters. The molecular weight excluding hydrogens is 214 g/mol. The maximum absolute atomic E-state index is 11.7. The highest BCUT2D eigenvalue weighted by molar-refractivity contribution is 6.06. The quantitative estimate of drug-likeness (QED) is 0.408. The van der Waals surface area contributed by atoms with Crippen LogP contribution in [-0.4, -0.2) is 36.5 Å². The lowest BCUT2D eigenvalue weighted by atomic mass is 9.97. The zero-order valence-corrected chi connectivity index (χ0v) is 9.90. The van der Waals surface area contributed by atoms with Crippen LogP contribution >= 0.6 is 0 Å². The molecule has 0 heterocycles. The number of nitrogens with two attached hydrogens (primary N) is 1. The number of esters is 2. The Morgan fingerprint density at radius 3 is 2.06 bits per heavy atom. The number of aldehydes is 1. The lowest BCUT2D eigenvalue weighted by Crippen LogP contribution is -2.57. The van der Waals surface area contributed by atoms with Crippen LogP contribution in [0.15, 0.2) is 0 Å². The molecule has 0 aliphatic carbocycles. The summed E-state index contributed by atoms with van der Waals surface area (Å²) in [5, 5.41) is 0. The Morgan fingerprint density at radius 2 is 1.75 bits per heavy atom. The number of hydrogen-bond donors (Lipinski definition) is 1. The minimum atomic E-state index is -2.07. The van der Waals surface area contributed by atoms with Crippen molar-refractivity contribution in [2.24, 2.45) is 5.73 Å². The van der Waals surface area contributed by atoms with E-state index in [0.29, 0.717) is 6.29 Å². The molecule has 6 heteroatoms. The topological polar surface area (TPSA) is 95.7 Å². The van der Waals surface area contributed by atoms with Gasteiger partial charge in [-0.2, -0.15) is 0 Å². The molecule has 0 fully saturated rings. The van der Waals surface area contributed by atoms with Crippen molar-refractivity contribution in [3.05, 3.63) is 0 Å². The minimum Gasteiger partial charge on any atom is -0.467 e. The first-order valence-corrected chi connectivity index (χ1v) is 4.72. The van der Waals surface area contributed by atoms with Crippen molar-refractivity contribution in [3.8, 4) is 0 Å². The van der Waals surface area contributed by atoms with E-state index in [-0.39, 0.29) is 0 Å². The summed E-state index contributed by atoms with van der Waals surface area (Å²) in [5.41, 5.74) is 2.67. The molecule has 1 unspecified atom stereocenters.